The minimum atomic E-state index is -0.323. The van der Waals surface area contributed by atoms with E-state index in [1.54, 1.807) is 24.0 Å². The Kier molecular flexibility index (Phi) is 4.37. The van der Waals surface area contributed by atoms with Gasteiger partial charge in [0.25, 0.3) is 11.5 Å². The van der Waals surface area contributed by atoms with Crippen molar-refractivity contribution in [1.82, 2.24) is 9.88 Å². The molecular weight excluding hydrogens is 244 g/mol. The number of aromatic nitrogens is 1. The first kappa shape index (κ1) is 13.8. The highest BCUT2D eigenvalue weighted by atomic mass is 16.5. The van der Waals surface area contributed by atoms with Crippen LogP contribution < -0.4 is 5.56 Å². The fourth-order valence-electron chi connectivity index (χ4n) is 2.30. The number of carbonyl (C=O) groups is 1. The first-order chi connectivity index (χ1) is 9.11. The van der Waals surface area contributed by atoms with E-state index in [1.165, 1.54) is 0 Å². The van der Waals surface area contributed by atoms with Crippen molar-refractivity contribution in [3.63, 3.8) is 0 Å². The number of hydrogen-bond acceptors (Lipinski definition) is 3. The van der Waals surface area contributed by atoms with Crippen LogP contribution in [0.15, 0.2) is 16.9 Å². The second kappa shape index (κ2) is 6.02. The average Bonchev–Trinajstić information content (AvgIpc) is 2.88. The van der Waals surface area contributed by atoms with Gasteiger partial charge in [-0.25, -0.2) is 0 Å². The molecule has 1 fully saturated rings. The highest BCUT2D eigenvalue weighted by Crippen LogP contribution is 2.14. The lowest BCUT2D eigenvalue weighted by atomic mass is 10.2. The summed E-state index contributed by atoms with van der Waals surface area (Å²) in [6.07, 6.45) is 2.13. The quantitative estimate of drug-likeness (QED) is 0.892. The van der Waals surface area contributed by atoms with Gasteiger partial charge in [0.05, 0.1) is 6.10 Å². The maximum atomic E-state index is 12.3. The van der Waals surface area contributed by atoms with Crippen LogP contribution in [0.25, 0.3) is 0 Å². The van der Waals surface area contributed by atoms with Crippen LogP contribution in [-0.2, 0) is 4.74 Å². The summed E-state index contributed by atoms with van der Waals surface area (Å²) in [6, 6.07) is 3.34. The zero-order chi connectivity index (χ0) is 13.8. The highest BCUT2D eigenvalue weighted by molar-refractivity contribution is 5.93. The number of ether oxygens (including phenoxy) is 1. The van der Waals surface area contributed by atoms with E-state index in [1.807, 2.05) is 6.92 Å². The summed E-state index contributed by atoms with van der Waals surface area (Å²) in [5, 5.41) is 0. The lowest BCUT2D eigenvalue weighted by molar-refractivity contribution is 0.0538. The summed E-state index contributed by atoms with van der Waals surface area (Å²) >= 11 is 0. The molecule has 0 saturated carbocycles. The molecule has 0 bridgehead atoms. The first-order valence-electron chi connectivity index (χ1n) is 6.72. The van der Waals surface area contributed by atoms with Gasteiger partial charge < -0.3 is 14.6 Å². The Morgan fingerprint density at radius 1 is 1.53 bits per heavy atom. The number of rotatable bonds is 4. The summed E-state index contributed by atoms with van der Waals surface area (Å²) in [7, 11) is 0. The highest BCUT2D eigenvalue weighted by Gasteiger charge is 2.23. The van der Waals surface area contributed by atoms with Crippen molar-refractivity contribution in [2.75, 3.05) is 19.7 Å². The minimum Gasteiger partial charge on any atom is -0.376 e. The van der Waals surface area contributed by atoms with E-state index in [2.05, 4.69) is 4.98 Å². The topological polar surface area (TPSA) is 62.4 Å². The largest absolute Gasteiger partial charge is 0.376 e. The van der Waals surface area contributed by atoms with Gasteiger partial charge in [0, 0.05) is 25.4 Å². The van der Waals surface area contributed by atoms with Crippen molar-refractivity contribution >= 4 is 5.91 Å². The Labute approximate surface area is 112 Å². The zero-order valence-corrected chi connectivity index (χ0v) is 11.4. The number of nitrogens with zero attached hydrogens (tertiary/aromatic N) is 1. The van der Waals surface area contributed by atoms with Crippen LogP contribution in [0.1, 0.15) is 35.8 Å². The van der Waals surface area contributed by atoms with Gasteiger partial charge in [-0.2, -0.15) is 0 Å². The Balaban J connectivity index is 2.13. The molecule has 5 nitrogen and oxygen atoms in total. The van der Waals surface area contributed by atoms with Crippen LogP contribution in [0.3, 0.4) is 0 Å². The van der Waals surface area contributed by atoms with Crippen molar-refractivity contribution in [2.24, 2.45) is 0 Å². The van der Waals surface area contributed by atoms with Crippen molar-refractivity contribution in [3.05, 3.63) is 33.7 Å². The molecule has 0 aliphatic carbocycles. The molecule has 5 heteroatoms. The smallest absolute Gasteiger partial charge is 0.260 e. The summed E-state index contributed by atoms with van der Waals surface area (Å²) in [6.45, 7) is 5.60. The van der Waals surface area contributed by atoms with E-state index in [9.17, 15) is 9.59 Å². The fraction of sp³-hybridized carbons (Fsp3) is 0.571. The molecule has 0 aromatic carbocycles. The van der Waals surface area contributed by atoms with E-state index < -0.39 is 0 Å². The molecule has 1 aliphatic heterocycles. The Bertz CT molecular complexity index is 504. The number of H-pyrrole nitrogens is 1. The molecule has 0 unspecified atom stereocenters. The Morgan fingerprint density at radius 2 is 2.32 bits per heavy atom. The molecule has 2 rings (SSSR count). The number of hydrogen-bond donors (Lipinski definition) is 1. The lowest BCUT2D eigenvalue weighted by Crippen LogP contribution is -2.39. The van der Waals surface area contributed by atoms with Gasteiger partial charge in [-0.1, -0.05) is 0 Å². The van der Waals surface area contributed by atoms with Crippen LogP contribution in [0.5, 0.6) is 0 Å². The molecule has 1 amide bonds. The van der Waals surface area contributed by atoms with Crippen LogP contribution >= 0.6 is 0 Å². The molecule has 104 valence electrons. The third-order valence-electron chi connectivity index (χ3n) is 3.40. The molecule has 1 saturated heterocycles. The van der Waals surface area contributed by atoms with Gasteiger partial charge in [-0.05, 0) is 38.8 Å². The van der Waals surface area contributed by atoms with E-state index >= 15 is 0 Å². The number of aromatic amines is 1. The third kappa shape index (κ3) is 3.23. The van der Waals surface area contributed by atoms with Crippen LogP contribution in [0.4, 0.5) is 0 Å². The summed E-state index contributed by atoms with van der Waals surface area (Å²) in [4.78, 5) is 28.5. The number of pyridine rings is 1. The number of likely N-dealkylation sites (N-methyl/N-ethyl adjacent to an activating group) is 1. The molecule has 2 heterocycles. The SMILES string of the molecule is CCN(C[C@H]1CCCO1)C(=O)c1ccc(C)[nH]c1=O. The monoisotopic (exact) mass is 264 g/mol. The van der Waals surface area contributed by atoms with Crippen molar-refractivity contribution in [2.45, 2.75) is 32.8 Å². The van der Waals surface area contributed by atoms with Gasteiger partial charge in [-0.15, -0.1) is 0 Å². The van der Waals surface area contributed by atoms with Crippen LogP contribution in [-0.4, -0.2) is 41.6 Å². The van der Waals surface area contributed by atoms with Crippen LogP contribution in [0, 0.1) is 6.92 Å². The molecule has 1 aromatic heterocycles. The first-order valence-corrected chi connectivity index (χ1v) is 6.72. The number of nitrogens with one attached hydrogen (secondary N) is 1. The second-order valence-electron chi connectivity index (χ2n) is 4.86. The predicted octanol–water partition coefficient (Wildman–Crippen LogP) is 1.32. The Hall–Kier alpha value is -1.62. The van der Waals surface area contributed by atoms with Gasteiger partial charge in [-0.3, -0.25) is 9.59 Å². The minimum absolute atomic E-state index is 0.105. The fourth-order valence-corrected chi connectivity index (χ4v) is 2.30. The van der Waals surface area contributed by atoms with Crippen molar-refractivity contribution < 1.29 is 9.53 Å². The van der Waals surface area contributed by atoms with Gasteiger partial charge >= 0.3 is 0 Å². The van der Waals surface area contributed by atoms with Gasteiger partial charge in [0.15, 0.2) is 0 Å². The van der Waals surface area contributed by atoms with E-state index in [-0.39, 0.29) is 23.1 Å². The van der Waals surface area contributed by atoms with E-state index in [0.717, 1.165) is 25.1 Å². The van der Waals surface area contributed by atoms with Gasteiger partial charge in [0.1, 0.15) is 5.56 Å². The standard InChI is InChI=1S/C14H20N2O3/c1-3-16(9-11-5-4-8-19-11)14(18)12-7-6-10(2)15-13(12)17/h6-7,11H,3-5,8-9H2,1-2H3,(H,15,17)/t11-/m1/s1. The lowest BCUT2D eigenvalue weighted by Gasteiger charge is -2.23. The van der Waals surface area contributed by atoms with Crippen LogP contribution in [0.2, 0.25) is 0 Å². The van der Waals surface area contributed by atoms with Gasteiger partial charge in [0.2, 0.25) is 0 Å². The number of carbonyl (C=O) groups excluding carboxylic acids is 1. The normalized spacial score (nSPS) is 18.5. The van der Waals surface area contributed by atoms with E-state index in [4.69, 9.17) is 4.74 Å². The number of amides is 1. The molecule has 1 aromatic rings. The van der Waals surface area contributed by atoms with E-state index in [0.29, 0.717) is 13.1 Å². The molecule has 0 spiro atoms. The van der Waals surface area contributed by atoms with Crippen molar-refractivity contribution in [3.8, 4) is 0 Å². The summed E-state index contributed by atoms with van der Waals surface area (Å²) in [5.41, 5.74) is 0.630. The average molecular weight is 264 g/mol. The molecule has 1 aliphatic rings. The molecular formula is C14H20N2O3. The zero-order valence-electron chi connectivity index (χ0n) is 11.4. The number of aryl methyl sites for hydroxylation is 1. The molecule has 1 atom stereocenters. The maximum absolute atomic E-state index is 12.3. The summed E-state index contributed by atoms with van der Waals surface area (Å²) < 4.78 is 5.54. The van der Waals surface area contributed by atoms with Crippen molar-refractivity contribution in [1.29, 1.82) is 0 Å². The maximum Gasteiger partial charge on any atom is 0.260 e. The third-order valence-corrected chi connectivity index (χ3v) is 3.40. The molecule has 1 N–H and O–H groups in total. The predicted molar refractivity (Wildman–Crippen MR) is 72.4 cm³/mol. The Morgan fingerprint density at radius 3 is 2.89 bits per heavy atom. The second-order valence-corrected chi connectivity index (χ2v) is 4.86. The molecule has 0 radical (unpaired) electrons. The molecule has 19 heavy (non-hydrogen) atoms. The summed E-state index contributed by atoms with van der Waals surface area (Å²) in [5.74, 6) is -0.223.